The third kappa shape index (κ3) is 4.14. The van der Waals surface area contributed by atoms with E-state index in [0.29, 0.717) is 6.54 Å². The van der Waals surface area contributed by atoms with Gasteiger partial charge >= 0.3 is 0 Å². The van der Waals surface area contributed by atoms with E-state index in [1.54, 1.807) is 6.08 Å². The SMILES string of the molecule is C=CCNC(CO)CO. The predicted molar refractivity (Wildman–Crippen MR) is 36.2 cm³/mol. The van der Waals surface area contributed by atoms with E-state index in [9.17, 15) is 0 Å². The van der Waals surface area contributed by atoms with Crippen LogP contribution < -0.4 is 5.32 Å². The molecule has 0 aromatic rings. The maximum atomic E-state index is 8.50. The first-order valence-corrected chi connectivity index (χ1v) is 2.91. The van der Waals surface area contributed by atoms with E-state index in [1.807, 2.05) is 0 Å². The highest BCUT2D eigenvalue weighted by molar-refractivity contribution is 4.73. The molecule has 0 fully saturated rings. The standard InChI is InChI=1S/C6H13NO2/c1-2-3-7-6(4-8)5-9/h2,6-9H,1,3-5H2. The summed E-state index contributed by atoms with van der Waals surface area (Å²) in [6, 6.07) is -0.206. The van der Waals surface area contributed by atoms with E-state index < -0.39 is 0 Å². The monoisotopic (exact) mass is 131 g/mol. The summed E-state index contributed by atoms with van der Waals surface area (Å²) in [5.41, 5.74) is 0. The second-order valence-corrected chi connectivity index (χ2v) is 1.76. The molecule has 0 amide bonds. The lowest BCUT2D eigenvalue weighted by Crippen LogP contribution is -2.35. The summed E-state index contributed by atoms with van der Waals surface area (Å²) >= 11 is 0. The highest BCUT2D eigenvalue weighted by Gasteiger charge is 2.00. The van der Waals surface area contributed by atoms with Crippen molar-refractivity contribution in [3.05, 3.63) is 12.7 Å². The maximum Gasteiger partial charge on any atom is 0.0607 e. The van der Waals surface area contributed by atoms with Gasteiger partial charge in [-0.1, -0.05) is 6.08 Å². The Morgan fingerprint density at radius 2 is 2.00 bits per heavy atom. The van der Waals surface area contributed by atoms with Gasteiger partial charge in [-0.2, -0.15) is 0 Å². The van der Waals surface area contributed by atoms with Crippen LogP contribution in [0.1, 0.15) is 0 Å². The number of nitrogens with one attached hydrogen (secondary N) is 1. The second kappa shape index (κ2) is 5.75. The first-order chi connectivity index (χ1) is 4.35. The van der Waals surface area contributed by atoms with Crippen molar-refractivity contribution in [3.63, 3.8) is 0 Å². The van der Waals surface area contributed by atoms with Gasteiger partial charge in [0.1, 0.15) is 0 Å². The largest absolute Gasteiger partial charge is 0.395 e. The van der Waals surface area contributed by atoms with Gasteiger partial charge in [0.15, 0.2) is 0 Å². The van der Waals surface area contributed by atoms with E-state index >= 15 is 0 Å². The Hall–Kier alpha value is -0.380. The first kappa shape index (κ1) is 8.62. The van der Waals surface area contributed by atoms with Crippen LogP contribution in [0.4, 0.5) is 0 Å². The maximum absolute atomic E-state index is 8.50. The molecule has 3 nitrogen and oxygen atoms in total. The van der Waals surface area contributed by atoms with Crippen LogP contribution in [0.5, 0.6) is 0 Å². The molecule has 3 N–H and O–H groups in total. The molecule has 0 aliphatic rings. The highest BCUT2D eigenvalue weighted by atomic mass is 16.3. The lowest BCUT2D eigenvalue weighted by molar-refractivity contribution is 0.174. The summed E-state index contributed by atoms with van der Waals surface area (Å²) in [6.07, 6.45) is 1.68. The molecule has 0 aliphatic carbocycles. The van der Waals surface area contributed by atoms with Gasteiger partial charge in [0.2, 0.25) is 0 Å². The minimum atomic E-state index is -0.206. The lowest BCUT2D eigenvalue weighted by atomic mass is 10.3. The summed E-state index contributed by atoms with van der Waals surface area (Å²) in [5.74, 6) is 0. The van der Waals surface area contributed by atoms with Crippen LogP contribution in [0.25, 0.3) is 0 Å². The van der Waals surface area contributed by atoms with Crippen molar-refractivity contribution in [1.29, 1.82) is 0 Å². The Morgan fingerprint density at radius 1 is 1.44 bits per heavy atom. The molecule has 54 valence electrons. The quantitative estimate of drug-likeness (QED) is 0.424. The molecule has 0 aromatic carbocycles. The summed E-state index contributed by atoms with van der Waals surface area (Å²) in [7, 11) is 0. The van der Waals surface area contributed by atoms with Crippen molar-refractivity contribution in [2.75, 3.05) is 19.8 Å². The zero-order valence-electron chi connectivity index (χ0n) is 5.38. The fourth-order valence-corrected chi connectivity index (χ4v) is 0.437. The van der Waals surface area contributed by atoms with Crippen LogP contribution >= 0.6 is 0 Å². The number of aliphatic hydroxyl groups excluding tert-OH is 2. The van der Waals surface area contributed by atoms with Crippen LogP contribution in [-0.4, -0.2) is 36.0 Å². The topological polar surface area (TPSA) is 52.5 Å². The minimum Gasteiger partial charge on any atom is -0.395 e. The third-order valence-electron chi connectivity index (χ3n) is 0.992. The molecule has 0 radical (unpaired) electrons. The van der Waals surface area contributed by atoms with Crippen LogP contribution in [-0.2, 0) is 0 Å². The third-order valence-corrected chi connectivity index (χ3v) is 0.992. The van der Waals surface area contributed by atoms with Gasteiger partial charge in [0.05, 0.1) is 19.3 Å². The van der Waals surface area contributed by atoms with Crippen LogP contribution in [0.2, 0.25) is 0 Å². The summed E-state index contributed by atoms with van der Waals surface area (Å²) in [5, 5.41) is 19.8. The zero-order chi connectivity index (χ0) is 7.11. The number of aliphatic hydroxyl groups is 2. The highest BCUT2D eigenvalue weighted by Crippen LogP contribution is 1.77. The van der Waals surface area contributed by atoms with Crippen LogP contribution in [0, 0.1) is 0 Å². The Bertz CT molecular complexity index is 71.5. The first-order valence-electron chi connectivity index (χ1n) is 2.91. The fraction of sp³-hybridized carbons (Fsp3) is 0.667. The number of hydrogen-bond acceptors (Lipinski definition) is 3. The van der Waals surface area contributed by atoms with Gasteiger partial charge in [0, 0.05) is 6.54 Å². The average Bonchev–Trinajstić information content (AvgIpc) is 1.91. The minimum absolute atomic E-state index is 0.0374. The van der Waals surface area contributed by atoms with Crippen molar-refractivity contribution in [1.82, 2.24) is 5.32 Å². The lowest BCUT2D eigenvalue weighted by Gasteiger charge is -2.10. The molecular formula is C6H13NO2. The van der Waals surface area contributed by atoms with Crippen molar-refractivity contribution in [2.24, 2.45) is 0 Å². The molecule has 0 spiro atoms. The molecular weight excluding hydrogens is 118 g/mol. The molecule has 0 unspecified atom stereocenters. The van der Waals surface area contributed by atoms with E-state index in [-0.39, 0.29) is 19.3 Å². The molecule has 0 aromatic heterocycles. The Labute approximate surface area is 55.0 Å². The molecule has 0 saturated carbocycles. The van der Waals surface area contributed by atoms with Crippen molar-refractivity contribution < 1.29 is 10.2 Å². The molecule has 0 saturated heterocycles. The van der Waals surface area contributed by atoms with Crippen molar-refractivity contribution >= 4 is 0 Å². The molecule has 9 heavy (non-hydrogen) atoms. The normalized spacial score (nSPS) is 10.1. The molecule has 0 atom stereocenters. The fourth-order valence-electron chi connectivity index (χ4n) is 0.437. The molecule has 0 aliphatic heterocycles. The van der Waals surface area contributed by atoms with Crippen LogP contribution in [0.3, 0.4) is 0 Å². The number of rotatable bonds is 5. The summed E-state index contributed by atoms with van der Waals surface area (Å²) in [4.78, 5) is 0. The van der Waals surface area contributed by atoms with Crippen LogP contribution in [0.15, 0.2) is 12.7 Å². The second-order valence-electron chi connectivity index (χ2n) is 1.76. The smallest absolute Gasteiger partial charge is 0.0607 e. The van der Waals surface area contributed by atoms with E-state index in [0.717, 1.165) is 0 Å². The predicted octanol–water partition coefficient (Wildman–Crippen LogP) is -0.885. The van der Waals surface area contributed by atoms with Gasteiger partial charge in [-0.3, -0.25) is 0 Å². The molecule has 0 bridgehead atoms. The van der Waals surface area contributed by atoms with Crippen molar-refractivity contribution in [3.8, 4) is 0 Å². The molecule has 0 heterocycles. The van der Waals surface area contributed by atoms with Gasteiger partial charge in [0.25, 0.3) is 0 Å². The van der Waals surface area contributed by atoms with Gasteiger partial charge in [-0.15, -0.1) is 6.58 Å². The summed E-state index contributed by atoms with van der Waals surface area (Å²) < 4.78 is 0. The van der Waals surface area contributed by atoms with Crippen molar-refractivity contribution in [2.45, 2.75) is 6.04 Å². The Kier molecular flexibility index (Phi) is 5.51. The Balaban J connectivity index is 3.19. The van der Waals surface area contributed by atoms with Gasteiger partial charge in [-0.25, -0.2) is 0 Å². The van der Waals surface area contributed by atoms with Gasteiger partial charge in [-0.05, 0) is 0 Å². The van der Waals surface area contributed by atoms with Gasteiger partial charge < -0.3 is 15.5 Å². The van der Waals surface area contributed by atoms with E-state index in [1.165, 1.54) is 0 Å². The summed E-state index contributed by atoms with van der Waals surface area (Å²) in [6.45, 7) is 4.02. The number of hydrogen-bond donors (Lipinski definition) is 3. The van der Waals surface area contributed by atoms with E-state index in [4.69, 9.17) is 10.2 Å². The Morgan fingerprint density at radius 3 is 2.33 bits per heavy atom. The van der Waals surface area contributed by atoms with E-state index in [2.05, 4.69) is 11.9 Å². The molecule has 3 heteroatoms. The zero-order valence-corrected chi connectivity index (χ0v) is 5.38. The average molecular weight is 131 g/mol. The molecule has 0 rings (SSSR count).